The van der Waals surface area contributed by atoms with Crippen LogP contribution in [0.3, 0.4) is 0 Å². The summed E-state index contributed by atoms with van der Waals surface area (Å²) in [5, 5.41) is 3.55. The Morgan fingerprint density at radius 3 is 2.74 bits per heavy atom. The zero-order chi connectivity index (χ0) is 13.1. The summed E-state index contributed by atoms with van der Waals surface area (Å²) in [6.07, 6.45) is 7.91. The summed E-state index contributed by atoms with van der Waals surface area (Å²) >= 11 is 0. The molecule has 0 unspecified atom stereocenters. The molecule has 19 heavy (non-hydrogen) atoms. The largest absolute Gasteiger partial charge is 0.336 e. The van der Waals surface area contributed by atoms with Crippen molar-refractivity contribution in [3.05, 3.63) is 54.4 Å². The molecular weight excluding hydrogens is 241 g/mol. The van der Waals surface area contributed by atoms with Crippen molar-refractivity contribution in [1.82, 2.24) is 14.9 Å². The molecule has 0 spiro atoms. The predicted molar refractivity (Wildman–Crippen MR) is 72.4 cm³/mol. The topological polar surface area (TPSA) is 29.9 Å². The third-order valence-electron chi connectivity index (χ3n) is 3.84. The van der Waals surface area contributed by atoms with Gasteiger partial charge in [0.2, 0.25) is 0 Å². The van der Waals surface area contributed by atoms with Crippen LogP contribution in [-0.4, -0.2) is 22.1 Å². The number of benzene rings is 1. The van der Waals surface area contributed by atoms with Gasteiger partial charge in [0, 0.05) is 31.5 Å². The molecule has 1 fully saturated rings. The molecule has 1 saturated carbocycles. The van der Waals surface area contributed by atoms with Crippen LogP contribution in [0.5, 0.6) is 0 Å². The number of halogens is 1. The molecule has 3 rings (SSSR count). The molecule has 0 radical (unpaired) electrons. The summed E-state index contributed by atoms with van der Waals surface area (Å²) in [7, 11) is 0. The second kappa shape index (κ2) is 5.53. The van der Waals surface area contributed by atoms with Gasteiger partial charge in [-0.2, -0.15) is 0 Å². The molecule has 1 aliphatic rings. The molecule has 0 atom stereocenters. The number of hydrogen-bond donors (Lipinski definition) is 1. The molecule has 0 amide bonds. The maximum atomic E-state index is 12.8. The molecule has 0 aliphatic heterocycles. The van der Waals surface area contributed by atoms with E-state index in [1.165, 1.54) is 5.56 Å². The minimum absolute atomic E-state index is 0.155. The number of aromatic nitrogens is 2. The van der Waals surface area contributed by atoms with Crippen molar-refractivity contribution in [3.8, 4) is 0 Å². The van der Waals surface area contributed by atoms with Gasteiger partial charge in [0.15, 0.2) is 0 Å². The highest BCUT2D eigenvalue weighted by atomic mass is 19.1. The fourth-order valence-corrected chi connectivity index (χ4v) is 2.61. The van der Waals surface area contributed by atoms with Crippen LogP contribution >= 0.6 is 0 Å². The van der Waals surface area contributed by atoms with E-state index in [2.05, 4.69) is 14.9 Å². The smallest absolute Gasteiger partial charge is 0.123 e. The highest BCUT2D eigenvalue weighted by Gasteiger charge is 2.29. The average Bonchev–Trinajstić information content (AvgIpc) is 2.87. The fourth-order valence-electron chi connectivity index (χ4n) is 2.61. The van der Waals surface area contributed by atoms with Crippen LogP contribution in [0.4, 0.5) is 4.39 Å². The zero-order valence-corrected chi connectivity index (χ0v) is 10.8. The first-order valence-corrected chi connectivity index (χ1v) is 6.76. The minimum atomic E-state index is -0.155. The van der Waals surface area contributed by atoms with Gasteiger partial charge in [0.1, 0.15) is 5.82 Å². The molecule has 1 heterocycles. The highest BCUT2D eigenvalue weighted by Crippen LogP contribution is 2.36. The van der Waals surface area contributed by atoms with Crippen LogP contribution in [0.2, 0.25) is 0 Å². The maximum absolute atomic E-state index is 12.8. The van der Waals surface area contributed by atoms with Gasteiger partial charge in [-0.15, -0.1) is 0 Å². The van der Waals surface area contributed by atoms with Crippen LogP contribution in [0.1, 0.15) is 24.3 Å². The minimum Gasteiger partial charge on any atom is -0.336 e. The van der Waals surface area contributed by atoms with Gasteiger partial charge in [-0.05, 0) is 36.5 Å². The van der Waals surface area contributed by atoms with Crippen molar-refractivity contribution >= 4 is 0 Å². The summed E-state index contributed by atoms with van der Waals surface area (Å²) in [6, 6.07) is 7.51. The first kappa shape index (κ1) is 12.4. The molecule has 100 valence electrons. The van der Waals surface area contributed by atoms with Crippen molar-refractivity contribution in [1.29, 1.82) is 0 Å². The molecule has 1 aliphatic carbocycles. The first-order valence-electron chi connectivity index (χ1n) is 6.76. The monoisotopic (exact) mass is 259 g/mol. The molecular formula is C15H18FN3. The lowest BCUT2D eigenvalue weighted by molar-refractivity contribution is 0.288. The van der Waals surface area contributed by atoms with Gasteiger partial charge < -0.3 is 9.88 Å². The van der Waals surface area contributed by atoms with E-state index in [4.69, 9.17) is 0 Å². The molecule has 1 N–H and O–H groups in total. The van der Waals surface area contributed by atoms with E-state index < -0.39 is 0 Å². The average molecular weight is 259 g/mol. The standard InChI is InChI=1S/C15H18FN3/c16-14-3-1-12(2-4-14)13-9-15(10-13)18-6-8-19-7-5-17-11-19/h1-5,7,11,13,15,18H,6,8-10H2. The second-order valence-electron chi connectivity index (χ2n) is 5.17. The Hall–Kier alpha value is -1.68. The van der Waals surface area contributed by atoms with E-state index in [9.17, 15) is 4.39 Å². The third-order valence-corrected chi connectivity index (χ3v) is 3.84. The Labute approximate surface area is 112 Å². The Kier molecular flexibility index (Phi) is 3.60. The summed E-state index contributed by atoms with van der Waals surface area (Å²) in [5.41, 5.74) is 1.26. The molecule has 0 saturated heterocycles. The number of rotatable bonds is 5. The lowest BCUT2D eigenvalue weighted by atomic mass is 9.76. The van der Waals surface area contributed by atoms with Crippen molar-refractivity contribution < 1.29 is 4.39 Å². The Morgan fingerprint density at radius 2 is 2.05 bits per heavy atom. The second-order valence-corrected chi connectivity index (χ2v) is 5.17. The van der Waals surface area contributed by atoms with Crippen molar-refractivity contribution in [2.75, 3.05) is 6.54 Å². The van der Waals surface area contributed by atoms with Gasteiger partial charge >= 0.3 is 0 Å². The van der Waals surface area contributed by atoms with Crippen LogP contribution in [0.15, 0.2) is 43.0 Å². The van der Waals surface area contributed by atoms with Gasteiger partial charge in [0.25, 0.3) is 0 Å². The van der Waals surface area contributed by atoms with Gasteiger partial charge in [-0.25, -0.2) is 9.37 Å². The zero-order valence-electron chi connectivity index (χ0n) is 10.8. The highest BCUT2D eigenvalue weighted by molar-refractivity contribution is 5.23. The van der Waals surface area contributed by atoms with Crippen molar-refractivity contribution in [2.24, 2.45) is 0 Å². The van der Waals surface area contributed by atoms with E-state index in [1.807, 2.05) is 24.7 Å². The fraction of sp³-hybridized carbons (Fsp3) is 0.400. The number of imidazole rings is 1. The summed E-state index contributed by atoms with van der Waals surface area (Å²) in [5.74, 6) is 0.435. The van der Waals surface area contributed by atoms with Gasteiger partial charge in [-0.3, -0.25) is 0 Å². The van der Waals surface area contributed by atoms with E-state index in [0.717, 1.165) is 25.9 Å². The Bertz CT molecular complexity index is 501. The third kappa shape index (κ3) is 3.01. The lowest BCUT2D eigenvalue weighted by Crippen LogP contribution is -2.41. The molecule has 4 heteroatoms. The molecule has 2 aromatic rings. The number of nitrogens with one attached hydrogen (secondary N) is 1. The van der Waals surface area contributed by atoms with Gasteiger partial charge in [0.05, 0.1) is 6.33 Å². The molecule has 3 nitrogen and oxygen atoms in total. The summed E-state index contributed by atoms with van der Waals surface area (Å²) in [6.45, 7) is 1.93. The number of nitrogens with zero attached hydrogens (tertiary/aromatic N) is 2. The van der Waals surface area contributed by atoms with Crippen LogP contribution in [0, 0.1) is 5.82 Å². The van der Waals surface area contributed by atoms with E-state index in [-0.39, 0.29) is 5.82 Å². The van der Waals surface area contributed by atoms with Crippen LogP contribution in [0.25, 0.3) is 0 Å². The van der Waals surface area contributed by atoms with E-state index in [0.29, 0.717) is 12.0 Å². The molecule has 1 aromatic carbocycles. The molecule has 0 bridgehead atoms. The Morgan fingerprint density at radius 1 is 1.26 bits per heavy atom. The molecule has 1 aromatic heterocycles. The summed E-state index contributed by atoms with van der Waals surface area (Å²) < 4.78 is 14.9. The SMILES string of the molecule is Fc1ccc(C2CC(NCCn3ccnc3)C2)cc1. The number of hydrogen-bond acceptors (Lipinski definition) is 2. The van der Waals surface area contributed by atoms with E-state index >= 15 is 0 Å². The van der Waals surface area contributed by atoms with Crippen LogP contribution < -0.4 is 5.32 Å². The first-order chi connectivity index (χ1) is 9.31. The summed E-state index contributed by atoms with van der Waals surface area (Å²) in [4.78, 5) is 4.02. The lowest BCUT2D eigenvalue weighted by Gasteiger charge is -2.36. The van der Waals surface area contributed by atoms with Crippen molar-refractivity contribution in [2.45, 2.75) is 31.3 Å². The predicted octanol–water partition coefficient (Wildman–Crippen LogP) is 2.56. The van der Waals surface area contributed by atoms with Crippen molar-refractivity contribution in [3.63, 3.8) is 0 Å². The maximum Gasteiger partial charge on any atom is 0.123 e. The quantitative estimate of drug-likeness (QED) is 0.894. The normalized spacial score (nSPS) is 22.2. The van der Waals surface area contributed by atoms with Crippen LogP contribution in [-0.2, 0) is 6.54 Å². The Balaban J connectivity index is 1.39. The van der Waals surface area contributed by atoms with E-state index in [1.54, 1.807) is 18.3 Å². The van der Waals surface area contributed by atoms with Gasteiger partial charge in [-0.1, -0.05) is 12.1 Å².